The molecule has 1 aromatic rings. The number of aromatic nitrogens is 2. The van der Waals surface area contributed by atoms with Crippen molar-refractivity contribution in [3.05, 3.63) is 11.7 Å². The van der Waals surface area contributed by atoms with E-state index in [4.69, 9.17) is 9.26 Å². The van der Waals surface area contributed by atoms with Gasteiger partial charge in [0.2, 0.25) is 5.89 Å². The lowest BCUT2D eigenvalue weighted by Gasteiger charge is -2.18. The molecule has 110 valence electrons. The molecular weight excluding hydrogens is 254 g/mol. The SMILES string of the molecule is C1CCC(c2noc(CNC3CCOC3C3CC3)n2)C1. The molecule has 1 N–H and O–H groups in total. The molecule has 5 nitrogen and oxygen atoms in total. The van der Waals surface area contributed by atoms with Gasteiger partial charge in [-0.2, -0.15) is 4.98 Å². The predicted molar refractivity (Wildman–Crippen MR) is 73.2 cm³/mol. The smallest absolute Gasteiger partial charge is 0.240 e. The minimum absolute atomic E-state index is 0.409. The van der Waals surface area contributed by atoms with Crippen molar-refractivity contribution in [1.29, 1.82) is 0 Å². The highest BCUT2D eigenvalue weighted by molar-refractivity contribution is 4.99. The maximum absolute atomic E-state index is 5.84. The lowest BCUT2D eigenvalue weighted by atomic mass is 10.1. The summed E-state index contributed by atoms with van der Waals surface area (Å²) in [4.78, 5) is 4.56. The normalized spacial score (nSPS) is 31.2. The summed E-state index contributed by atoms with van der Waals surface area (Å²) >= 11 is 0. The van der Waals surface area contributed by atoms with Crippen LogP contribution in [0.4, 0.5) is 0 Å². The molecule has 0 aromatic carbocycles. The molecule has 2 unspecified atom stereocenters. The van der Waals surface area contributed by atoms with Gasteiger partial charge >= 0.3 is 0 Å². The van der Waals surface area contributed by atoms with E-state index in [-0.39, 0.29) is 0 Å². The molecule has 2 atom stereocenters. The molecule has 1 aromatic heterocycles. The molecule has 0 spiro atoms. The van der Waals surface area contributed by atoms with Crippen LogP contribution in [-0.4, -0.2) is 28.9 Å². The van der Waals surface area contributed by atoms with Gasteiger partial charge in [-0.25, -0.2) is 0 Å². The zero-order valence-electron chi connectivity index (χ0n) is 11.9. The van der Waals surface area contributed by atoms with Crippen molar-refractivity contribution in [2.45, 2.75) is 69.6 Å². The Kier molecular flexibility index (Phi) is 3.48. The van der Waals surface area contributed by atoms with Crippen LogP contribution in [0.2, 0.25) is 0 Å². The van der Waals surface area contributed by atoms with Gasteiger partial charge in [-0.3, -0.25) is 0 Å². The molecule has 2 saturated carbocycles. The number of ether oxygens (including phenoxy) is 1. The van der Waals surface area contributed by atoms with Crippen LogP contribution >= 0.6 is 0 Å². The highest BCUT2D eigenvalue weighted by atomic mass is 16.5. The molecule has 0 bridgehead atoms. The summed E-state index contributed by atoms with van der Waals surface area (Å²) < 4.78 is 11.2. The first-order valence-corrected chi connectivity index (χ1v) is 8.07. The monoisotopic (exact) mass is 277 g/mol. The van der Waals surface area contributed by atoms with E-state index in [9.17, 15) is 0 Å². The number of nitrogens with zero attached hydrogens (tertiary/aromatic N) is 2. The first kappa shape index (κ1) is 12.8. The van der Waals surface area contributed by atoms with Crippen LogP contribution in [0.15, 0.2) is 4.52 Å². The predicted octanol–water partition coefficient (Wildman–Crippen LogP) is 2.38. The van der Waals surface area contributed by atoms with E-state index in [1.165, 1.54) is 38.5 Å². The van der Waals surface area contributed by atoms with Crippen LogP contribution in [-0.2, 0) is 11.3 Å². The summed E-state index contributed by atoms with van der Waals surface area (Å²) in [6.45, 7) is 1.56. The molecule has 3 aliphatic rings. The zero-order valence-corrected chi connectivity index (χ0v) is 11.9. The number of nitrogens with one attached hydrogen (secondary N) is 1. The van der Waals surface area contributed by atoms with Gasteiger partial charge in [0.15, 0.2) is 5.82 Å². The van der Waals surface area contributed by atoms with Crippen molar-refractivity contribution in [3.8, 4) is 0 Å². The van der Waals surface area contributed by atoms with Crippen molar-refractivity contribution in [3.63, 3.8) is 0 Å². The minimum atomic E-state index is 0.409. The summed E-state index contributed by atoms with van der Waals surface area (Å²) in [7, 11) is 0. The first-order chi connectivity index (χ1) is 9.90. The van der Waals surface area contributed by atoms with Gasteiger partial charge in [0.1, 0.15) is 0 Å². The van der Waals surface area contributed by atoms with Gasteiger partial charge in [-0.1, -0.05) is 18.0 Å². The first-order valence-electron chi connectivity index (χ1n) is 8.07. The van der Waals surface area contributed by atoms with Gasteiger partial charge in [0.25, 0.3) is 0 Å². The summed E-state index contributed by atoms with van der Waals surface area (Å²) in [6.07, 6.45) is 9.20. The van der Waals surface area contributed by atoms with Crippen LogP contribution in [0.3, 0.4) is 0 Å². The zero-order chi connectivity index (χ0) is 13.4. The maximum atomic E-state index is 5.84. The largest absolute Gasteiger partial charge is 0.376 e. The summed E-state index contributed by atoms with van der Waals surface area (Å²) in [5.41, 5.74) is 0. The minimum Gasteiger partial charge on any atom is -0.376 e. The van der Waals surface area contributed by atoms with Crippen LogP contribution in [0.25, 0.3) is 0 Å². The van der Waals surface area contributed by atoms with Crippen molar-refractivity contribution >= 4 is 0 Å². The van der Waals surface area contributed by atoms with Gasteiger partial charge in [0, 0.05) is 18.6 Å². The number of hydrogen-bond acceptors (Lipinski definition) is 5. The highest BCUT2D eigenvalue weighted by Crippen LogP contribution is 2.38. The van der Waals surface area contributed by atoms with Crippen molar-refractivity contribution < 1.29 is 9.26 Å². The molecule has 1 aliphatic heterocycles. The van der Waals surface area contributed by atoms with E-state index in [0.29, 0.717) is 24.6 Å². The van der Waals surface area contributed by atoms with E-state index < -0.39 is 0 Å². The number of hydrogen-bond donors (Lipinski definition) is 1. The Labute approximate surface area is 119 Å². The lowest BCUT2D eigenvalue weighted by Crippen LogP contribution is -2.37. The average Bonchev–Trinajstić information content (AvgIpc) is 2.93. The summed E-state index contributed by atoms with van der Waals surface area (Å²) in [5, 5.41) is 7.70. The summed E-state index contributed by atoms with van der Waals surface area (Å²) in [5.74, 6) is 2.96. The average molecular weight is 277 g/mol. The van der Waals surface area contributed by atoms with Crippen molar-refractivity contribution in [1.82, 2.24) is 15.5 Å². The fourth-order valence-electron chi connectivity index (χ4n) is 3.63. The Morgan fingerprint density at radius 3 is 2.75 bits per heavy atom. The molecule has 5 heteroatoms. The van der Waals surface area contributed by atoms with Gasteiger partial charge in [0.05, 0.1) is 12.6 Å². The van der Waals surface area contributed by atoms with E-state index in [1.54, 1.807) is 0 Å². The van der Waals surface area contributed by atoms with E-state index in [0.717, 1.165) is 30.7 Å². The third-order valence-corrected chi connectivity index (χ3v) is 4.94. The number of rotatable bonds is 5. The molecule has 3 fully saturated rings. The Bertz CT molecular complexity index is 452. The Hall–Kier alpha value is -0.940. The van der Waals surface area contributed by atoms with E-state index >= 15 is 0 Å². The molecule has 1 saturated heterocycles. The second-order valence-corrected chi connectivity index (χ2v) is 6.48. The molecule has 4 rings (SSSR count). The standard InChI is InChI=1S/C15H23N3O2/c1-2-4-11(3-1)15-17-13(20-18-15)9-16-12-7-8-19-14(12)10-5-6-10/h10-12,14,16H,1-9H2. The second kappa shape index (κ2) is 5.45. The van der Waals surface area contributed by atoms with E-state index in [2.05, 4.69) is 15.5 Å². The molecule has 2 heterocycles. The van der Waals surface area contributed by atoms with E-state index in [1.807, 2.05) is 0 Å². The van der Waals surface area contributed by atoms with Gasteiger partial charge in [-0.15, -0.1) is 0 Å². The molecule has 2 aliphatic carbocycles. The maximum Gasteiger partial charge on any atom is 0.240 e. The van der Waals surface area contributed by atoms with Gasteiger partial charge < -0.3 is 14.6 Å². The van der Waals surface area contributed by atoms with Crippen LogP contribution in [0.5, 0.6) is 0 Å². The highest BCUT2D eigenvalue weighted by Gasteiger charge is 2.40. The van der Waals surface area contributed by atoms with Crippen LogP contribution in [0.1, 0.15) is 62.6 Å². The van der Waals surface area contributed by atoms with Crippen molar-refractivity contribution in [2.24, 2.45) is 5.92 Å². The lowest BCUT2D eigenvalue weighted by molar-refractivity contribution is 0.0803. The molecule has 0 amide bonds. The van der Waals surface area contributed by atoms with Crippen LogP contribution < -0.4 is 5.32 Å². The third kappa shape index (κ3) is 2.61. The summed E-state index contributed by atoms with van der Waals surface area (Å²) in [6, 6.07) is 0.462. The molecule has 0 radical (unpaired) electrons. The van der Waals surface area contributed by atoms with Crippen LogP contribution in [0, 0.1) is 5.92 Å². The third-order valence-electron chi connectivity index (χ3n) is 4.94. The fraction of sp³-hybridized carbons (Fsp3) is 0.867. The molecule has 20 heavy (non-hydrogen) atoms. The fourth-order valence-corrected chi connectivity index (χ4v) is 3.63. The Morgan fingerprint density at radius 1 is 1.10 bits per heavy atom. The topological polar surface area (TPSA) is 60.2 Å². The molecular formula is C15H23N3O2. The van der Waals surface area contributed by atoms with Crippen molar-refractivity contribution in [2.75, 3.05) is 6.61 Å². The quantitative estimate of drug-likeness (QED) is 0.895. The Morgan fingerprint density at radius 2 is 1.95 bits per heavy atom. The second-order valence-electron chi connectivity index (χ2n) is 6.48. The van der Waals surface area contributed by atoms with Gasteiger partial charge in [-0.05, 0) is 38.0 Å². The Balaban J connectivity index is 1.32.